The van der Waals surface area contributed by atoms with Gasteiger partial charge < -0.3 is 15.5 Å². The summed E-state index contributed by atoms with van der Waals surface area (Å²) in [4.78, 5) is 15.1. The van der Waals surface area contributed by atoms with Gasteiger partial charge in [-0.25, -0.2) is 0 Å². The second-order valence-corrected chi connectivity index (χ2v) is 7.90. The SMILES string of the molecule is CCCN(C(=O)[C@@H]1C=C2c3cccc4c3C(CN4)C[C@H]2NC1)C(C)C. The van der Waals surface area contributed by atoms with Crippen LogP contribution in [0.15, 0.2) is 24.3 Å². The largest absolute Gasteiger partial charge is 0.384 e. The highest BCUT2D eigenvalue weighted by Gasteiger charge is 2.39. The van der Waals surface area contributed by atoms with Gasteiger partial charge in [0.15, 0.2) is 0 Å². The first-order valence-corrected chi connectivity index (χ1v) is 9.72. The van der Waals surface area contributed by atoms with Crippen LogP contribution < -0.4 is 10.6 Å². The molecule has 0 radical (unpaired) electrons. The third kappa shape index (κ3) is 2.77. The van der Waals surface area contributed by atoms with Crippen molar-refractivity contribution in [2.24, 2.45) is 5.92 Å². The number of benzene rings is 1. The maximum atomic E-state index is 13.1. The van der Waals surface area contributed by atoms with Crippen LogP contribution in [0.25, 0.3) is 5.57 Å². The second-order valence-electron chi connectivity index (χ2n) is 7.90. The molecular weight excluding hydrogens is 310 g/mol. The lowest BCUT2D eigenvalue weighted by molar-refractivity contribution is -0.135. The standard InChI is InChI=1S/C21H29N3O/c1-4-8-24(13(2)3)21(25)15-9-17-16-6-5-7-18-20(16)14(11-22-18)10-19(17)23-12-15/h5-7,9,13-15,19,22-23H,4,8,10-12H2,1-3H3/t14?,15-,19-/m1/s1. The summed E-state index contributed by atoms with van der Waals surface area (Å²) >= 11 is 0. The van der Waals surface area contributed by atoms with E-state index >= 15 is 0 Å². The number of anilines is 1. The third-order valence-electron chi connectivity index (χ3n) is 5.91. The number of fused-ring (bicyclic) bond motifs is 2. The van der Waals surface area contributed by atoms with Gasteiger partial charge >= 0.3 is 0 Å². The van der Waals surface area contributed by atoms with Crippen molar-refractivity contribution in [2.75, 3.05) is 25.0 Å². The number of nitrogens with zero attached hydrogens (tertiary/aromatic N) is 1. The number of hydrogen-bond donors (Lipinski definition) is 2. The van der Waals surface area contributed by atoms with Crippen molar-refractivity contribution >= 4 is 17.2 Å². The molecule has 4 nitrogen and oxygen atoms in total. The monoisotopic (exact) mass is 339 g/mol. The number of nitrogens with one attached hydrogen (secondary N) is 2. The van der Waals surface area contributed by atoms with Crippen molar-refractivity contribution in [1.29, 1.82) is 0 Å². The highest BCUT2D eigenvalue weighted by molar-refractivity contribution is 5.87. The fourth-order valence-electron chi connectivity index (χ4n) is 4.73. The summed E-state index contributed by atoms with van der Waals surface area (Å²) in [5, 5.41) is 7.22. The van der Waals surface area contributed by atoms with Crippen molar-refractivity contribution in [3.05, 3.63) is 35.4 Å². The Morgan fingerprint density at radius 1 is 1.32 bits per heavy atom. The van der Waals surface area contributed by atoms with Gasteiger partial charge in [-0.3, -0.25) is 4.79 Å². The molecule has 4 rings (SSSR count). The molecule has 0 spiro atoms. The first-order valence-electron chi connectivity index (χ1n) is 9.72. The summed E-state index contributed by atoms with van der Waals surface area (Å²) in [5.74, 6) is 0.811. The van der Waals surface area contributed by atoms with Crippen LogP contribution in [0.2, 0.25) is 0 Å². The Balaban J connectivity index is 1.67. The summed E-state index contributed by atoms with van der Waals surface area (Å²) in [6.45, 7) is 9.00. The molecule has 1 amide bonds. The molecule has 0 bridgehead atoms. The number of amides is 1. The Labute approximate surface area is 150 Å². The van der Waals surface area contributed by atoms with Crippen LogP contribution in [0.4, 0.5) is 5.69 Å². The van der Waals surface area contributed by atoms with Crippen molar-refractivity contribution in [2.45, 2.75) is 51.6 Å². The molecule has 1 aromatic carbocycles. The lowest BCUT2D eigenvalue weighted by Crippen LogP contribution is -2.48. The van der Waals surface area contributed by atoms with E-state index in [1.165, 1.54) is 22.4 Å². The highest BCUT2D eigenvalue weighted by atomic mass is 16.2. The number of carbonyl (C=O) groups excluding carboxylic acids is 1. The predicted octanol–water partition coefficient (Wildman–Crippen LogP) is 3.22. The normalized spacial score (nSPS) is 26.6. The topological polar surface area (TPSA) is 44.4 Å². The Bertz CT molecular complexity index is 709. The maximum absolute atomic E-state index is 13.1. The summed E-state index contributed by atoms with van der Waals surface area (Å²) in [7, 11) is 0. The minimum Gasteiger partial charge on any atom is -0.384 e. The summed E-state index contributed by atoms with van der Waals surface area (Å²) in [5.41, 5.74) is 5.43. The predicted molar refractivity (Wildman–Crippen MR) is 103 cm³/mol. The Morgan fingerprint density at radius 3 is 2.92 bits per heavy atom. The van der Waals surface area contributed by atoms with Crippen LogP contribution in [-0.2, 0) is 4.79 Å². The molecule has 2 aliphatic heterocycles. The minimum absolute atomic E-state index is 0.0537. The number of rotatable bonds is 4. The smallest absolute Gasteiger partial charge is 0.231 e. The average Bonchev–Trinajstić information content (AvgIpc) is 3.03. The summed E-state index contributed by atoms with van der Waals surface area (Å²) in [6, 6.07) is 7.19. The van der Waals surface area contributed by atoms with E-state index < -0.39 is 0 Å². The molecule has 2 heterocycles. The number of carbonyl (C=O) groups is 1. The van der Waals surface area contributed by atoms with Gasteiger partial charge in [0.05, 0.1) is 5.92 Å². The average molecular weight is 339 g/mol. The van der Waals surface area contributed by atoms with Gasteiger partial charge in [0.1, 0.15) is 0 Å². The molecule has 134 valence electrons. The molecule has 0 saturated carbocycles. The van der Waals surface area contributed by atoms with Crippen LogP contribution in [-0.4, -0.2) is 42.5 Å². The lowest BCUT2D eigenvalue weighted by atomic mass is 9.75. The van der Waals surface area contributed by atoms with Crippen LogP contribution in [0.5, 0.6) is 0 Å². The van der Waals surface area contributed by atoms with E-state index in [9.17, 15) is 4.79 Å². The van der Waals surface area contributed by atoms with Gasteiger partial charge in [0.2, 0.25) is 5.91 Å². The zero-order chi connectivity index (χ0) is 17.6. The summed E-state index contributed by atoms with van der Waals surface area (Å²) < 4.78 is 0. The third-order valence-corrected chi connectivity index (χ3v) is 5.91. The van der Waals surface area contributed by atoms with Crippen molar-refractivity contribution in [3.63, 3.8) is 0 Å². The second kappa shape index (κ2) is 6.49. The fourth-order valence-corrected chi connectivity index (χ4v) is 4.73. The van der Waals surface area contributed by atoms with E-state index in [-0.39, 0.29) is 17.9 Å². The van der Waals surface area contributed by atoms with Crippen LogP contribution in [0.1, 0.15) is 50.7 Å². The van der Waals surface area contributed by atoms with E-state index in [1.54, 1.807) is 0 Å². The van der Waals surface area contributed by atoms with Gasteiger partial charge in [0, 0.05) is 43.3 Å². The minimum atomic E-state index is -0.0537. The number of hydrogen-bond acceptors (Lipinski definition) is 3. The molecule has 0 fully saturated rings. The molecule has 25 heavy (non-hydrogen) atoms. The van der Waals surface area contributed by atoms with Crippen LogP contribution in [0.3, 0.4) is 0 Å². The molecule has 2 N–H and O–H groups in total. The zero-order valence-electron chi connectivity index (χ0n) is 15.5. The fraction of sp³-hybridized carbons (Fsp3) is 0.571. The molecule has 0 aromatic heterocycles. The van der Waals surface area contributed by atoms with Gasteiger partial charge in [-0.1, -0.05) is 25.1 Å². The molecule has 0 saturated heterocycles. The van der Waals surface area contributed by atoms with Crippen LogP contribution >= 0.6 is 0 Å². The van der Waals surface area contributed by atoms with Gasteiger partial charge in [-0.15, -0.1) is 0 Å². The van der Waals surface area contributed by atoms with E-state index in [4.69, 9.17) is 0 Å². The summed E-state index contributed by atoms with van der Waals surface area (Å²) in [6.07, 6.45) is 4.40. The lowest BCUT2D eigenvalue weighted by Gasteiger charge is -2.38. The first kappa shape index (κ1) is 16.6. The van der Waals surface area contributed by atoms with Gasteiger partial charge in [-0.2, -0.15) is 0 Å². The molecule has 1 aromatic rings. The molecule has 1 unspecified atom stereocenters. The molecule has 3 atom stereocenters. The Kier molecular flexibility index (Phi) is 4.32. The van der Waals surface area contributed by atoms with Gasteiger partial charge in [-0.05, 0) is 49.5 Å². The molecular formula is C21H29N3O. The molecule has 3 aliphatic rings. The van der Waals surface area contributed by atoms with E-state index in [0.717, 1.165) is 32.5 Å². The van der Waals surface area contributed by atoms with E-state index in [2.05, 4.69) is 55.7 Å². The Hall–Kier alpha value is -1.81. The van der Waals surface area contributed by atoms with Crippen LogP contribution in [0, 0.1) is 5.92 Å². The van der Waals surface area contributed by atoms with E-state index in [1.807, 2.05) is 4.90 Å². The molecule has 4 heteroatoms. The zero-order valence-corrected chi connectivity index (χ0v) is 15.5. The quantitative estimate of drug-likeness (QED) is 0.885. The van der Waals surface area contributed by atoms with Crippen molar-refractivity contribution in [1.82, 2.24) is 10.2 Å². The van der Waals surface area contributed by atoms with Crippen molar-refractivity contribution in [3.8, 4) is 0 Å². The Morgan fingerprint density at radius 2 is 2.16 bits per heavy atom. The molecule has 1 aliphatic carbocycles. The van der Waals surface area contributed by atoms with Gasteiger partial charge in [0.25, 0.3) is 0 Å². The maximum Gasteiger partial charge on any atom is 0.231 e. The van der Waals surface area contributed by atoms with E-state index in [0.29, 0.717) is 12.0 Å². The van der Waals surface area contributed by atoms with Crippen molar-refractivity contribution < 1.29 is 4.79 Å². The highest BCUT2D eigenvalue weighted by Crippen LogP contribution is 2.46. The first-order chi connectivity index (χ1) is 12.1.